The Balaban J connectivity index is 0. The van der Waals surface area contributed by atoms with Gasteiger partial charge in [0.15, 0.2) is 0 Å². The Hall–Kier alpha value is -0.0800. The molecule has 0 rings (SSSR count). The largest absolute Gasteiger partial charge is 0.393 e. The van der Waals surface area contributed by atoms with Crippen LogP contribution in [0.2, 0.25) is 0 Å². The van der Waals surface area contributed by atoms with Gasteiger partial charge in [0.05, 0.1) is 12.2 Å². The molecule has 0 aliphatic rings. The first-order valence-electron chi connectivity index (χ1n) is 5.25. The smallest absolute Gasteiger partial charge is 0.0560 e. The highest BCUT2D eigenvalue weighted by molar-refractivity contribution is 4.67. The van der Waals surface area contributed by atoms with Crippen molar-refractivity contribution in [3.05, 3.63) is 0 Å². The molecule has 0 bridgehead atoms. The Bertz CT molecular complexity index is 117. The summed E-state index contributed by atoms with van der Waals surface area (Å²) >= 11 is 0. The lowest BCUT2D eigenvalue weighted by atomic mass is 9.91. The van der Waals surface area contributed by atoms with Crippen molar-refractivity contribution in [2.45, 2.75) is 67.6 Å². The van der Waals surface area contributed by atoms with Crippen LogP contribution in [-0.4, -0.2) is 22.4 Å². The molecule has 0 spiro atoms. The Labute approximate surface area is 89.3 Å². The minimum atomic E-state index is -0.201. The molecule has 0 aliphatic heterocycles. The van der Waals surface area contributed by atoms with Crippen molar-refractivity contribution >= 4 is 0 Å². The number of aliphatic hydroxyl groups is 2. The summed E-state index contributed by atoms with van der Waals surface area (Å²) in [4.78, 5) is 0. The van der Waals surface area contributed by atoms with E-state index in [0.717, 1.165) is 0 Å². The number of hydrogen-bond donors (Lipinski definition) is 2. The maximum atomic E-state index is 8.89. The van der Waals surface area contributed by atoms with Crippen molar-refractivity contribution in [3.63, 3.8) is 0 Å². The maximum absolute atomic E-state index is 8.89. The second kappa shape index (κ2) is 5.72. The molecule has 2 N–H and O–H groups in total. The molecule has 2 nitrogen and oxygen atoms in total. The predicted octanol–water partition coefficient (Wildman–Crippen LogP) is 2.83. The third kappa shape index (κ3) is 10.0. The Morgan fingerprint density at radius 3 is 0.714 bits per heavy atom. The van der Waals surface area contributed by atoms with E-state index in [0.29, 0.717) is 0 Å². The van der Waals surface area contributed by atoms with E-state index >= 15 is 0 Å². The second-order valence-electron chi connectivity index (χ2n) is 6.08. The monoisotopic (exact) mass is 204 g/mol. The summed E-state index contributed by atoms with van der Waals surface area (Å²) in [6.45, 7) is 15.7. The molecule has 0 unspecified atom stereocenters. The minimum Gasteiger partial charge on any atom is -0.393 e. The van der Waals surface area contributed by atoms with Crippen molar-refractivity contribution in [3.8, 4) is 0 Å². The normalized spacial score (nSPS) is 16.7. The fraction of sp³-hybridized carbons (Fsp3) is 1.00. The first kappa shape index (κ1) is 16.4. The summed E-state index contributed by atoms with van der Waals surface area (Å²) in [5.74, 6) is 0. The molecule has 0 aliphatic carbocycles. The number of hydrogen-bond acceptors (Lipinski definition) is 2. The zero-order valence-corrected chi connectivity index (χ0v) is 11.0. The van der Waals surface area contributed by atoms with Gasteiger partial charge in [-0.3, -0.25) is 0 Å². The lowest BCUT2D eigenvalue weighted by Gasteiger charge is -2.21. The Morgan fingerprint density at radius 2 is 0.714 bits per heavy atom. The summed E-state index contributed by atoms with van der Waals surface area (Å²) in [5, 5.41) is 17.8. The third-order valence-electron chi connectivity index (χ3n) is 2.51. The zero-order chi connectivity index (χ0) is 12.2. The van der Waals surface area contributed by atoms with Crippen LogP contribution in [-0.2, 0) is 0 Å². The van der Waals surface area contributed by atoms with Crippen LogP contribution < -0.4 is 0 Å². The van der Waals surface area contributed by atoms with Gasteiger partial charge in [-0.05, 0) is 24.7 Å². The maximum Gasteiger partial charge on any atom is 0.0560 e. The van der Waals surface area contributed by atoms with Crippen LogP contribution in [0.3, 0.4) is 0 Å². The van der Waals surface area contributed by atoms with Crippen LogP contribution in [0.1, 0.15) is 55.4 Å². The van der Waals surface area contributed by atoms with Gasteiger partial charge in [-0.15, -0.1) is 0 Å². The van der Waals surface area contributed by atoms with E-state index in [1.807, 2.05) is 41.5 Å². The van der Waals surface area contributed by atoms with Gasteiger partial charge >= 0.3 is 0 Å². The molecule has 0 fully saturated rings. The molecular weight excluding hydrogens is 176 g/mol. The highest BCUT2D eigenvalue weighted by Gasteiger charge is 2.16. The zero-order valence-electron chi connectivity index (χ0n) is 11.0. The molecule has 2 atom stereocenters. The first-order valence-corrected chi connectivity index (χ1v) is 5.25. The standard InChI is InChI=1S/2C6H14O/c2*1-5(7)6(2,3)4/h2*5,7H,1-4H3/t2*5-/m10/s1. The average molecular weight is 204 g/mol. The minimum absolute atomic E-state index is 0.0556. The predicted molar refractivity (Wildman–Crippen MR) is 62.3 cm³/mol. The van der Waals surface area contributed by atoms with E-state index in [1.54, 1.807) is 13.8 Å². The van der Waals surface area contributed by atoms with E-state index in [1.165, 1.54) is 0 Å². The Morgan fingerprint density at radius 1 is 0.643 bits per heavy atom. The lowest BCUT2D eigenvalue weighted by molar-refractivity contribution is 0.0800. The van der Waals surface area contributed by atoms with Crippen LogP contribution in [0.15, 0.2) is 0 Å². The fourth-order valence-corrected chi connectivity index (χ4v) is 0. The van der Waals surface area contributed by atoms with Gasteiger partial charge in [-0.2, -0.15) is 0 Å². The van der Waals surface area contributed by atoms with Crippen molar-refractivity contribution in [2.75, 3.05) is 0 Å². The SMILES string of the molecule is C[C@@H](O)C(C)(C)C.C[C@H](O)C(C)(C)C. The summed E-state index contributed by atoms with van der Waals surface area (Å²) in [6, 6.07) is 0. The summed E-state index contributed by atoms with van der Waals surface area (Å²) in [7, 11) is 0. The summed E-state index contributed by atoms with van der Waals surface area (Å²) < 4.78 is 0. The lowest BCUT2D eigenvalue weighted by Crippen LogP contribution is -2.21. The molecule has 88 valence electrons. The van der Waals surface area contributed by atoms with Gasteiger partial charge in [0.1, 0.15) is 0 Å². The van der Waals surface area contributed by atoms with E-state index in [9.17, 15) is 0 Å². The van der Waals surface area contributed by atoms with Crippen LogP contribution in [0.25, 0.3) is 0 Å². The number of rotatable bonds is 0. The molecule has 0 amide bonds. The molecule has 0 heterocycles. The Kier molecular flexibility index (Phi) is 6.68. The van der Waals surface area contributed by atoms with E-state index in [-0.39, 0.29) is 23.0 Å². The van der Waals surface area contributed by atoms with Crippen LogP contribution in [0, 0.1) is 10.8 Å². The molecule has 0 saturated carbocycles. The van der Waals surface area contributed by atoms with Gasteiger partial charge in [0.25, 0.3) is 0 Å². The molecule has 0 aromatic carbocycles. The van der Waals surface area contributed by atoms with Gasteiger partial charge < -0.3 is 10.2 Å². The highest BCUT2D eigenvalue weighted by atomic mass is 16.3. The van der Waals surface area contributed by atoms with Gasteiger partial charge in [-0.1, -0.05) is 41.5 Å². The fourth-order valence-electron chi connectivity index (χ4n) is 0. The molecule has 0 aromatic heterocycles. The van der Waals surface area contributed by atoms with Crippen molar-refractivity contribution in [1.82, 2.24) is 0 Å². The first-order chi connectivity index (χ1) is 5.89. The topological polar surface area (TPSA) is 40.5 Å². The van der Waals surface area contributed by atoms with Crippen molar-refractivity contribution in [2.24, 2.45) is 10.8 Å². The average Bonchev–Trinajstić information content (AvgIpc) is 1.83. The summed E-state index contributed by atoms with van der Waals surface area (Å²) in [6.07, 6.45) is -0.403. The highest BCUT2D eigenvalue weighted by Crippen LogP contribution is 2.17. The van der Waals surface area contributed by atoms with Crippen LogP contribution in [0.4, 0.5) is 0 Å². The quantitative estimate of drug-likeness (QED) is 0.637. The van der Waals surface area contributed by atoms with Crippen molar-refractivity contribution in [1.29, 1.82) is 0 Å². The molecular formula is C12H28O2. The number of aliphatic hydroxyl groups excluding tert-OH is 2. The molecule has 0 saturated heterocycles. The van der Waals surface area contributed by atoms with E-state index < -0.39 is 0 Å². The third-order valence-corrected chi connectivity index (χ3v) is 2.51. The van der Waals surface area contributed by atoms with Gasteiger partial charge in [0.2, 0.25) is 0 Å². The molecule has 2 heteroatoms. The second-order valence-corrected chi connectivity index (χ2v) is 6.08. The molecule has 14 heavy (non-hydrogen) atoms. The van der Waals surface area contributed by atoms with Crippen LogP contribution >= 0.6 is 0 Å². The van der Waals surface area contributed by atoms with Crippen LogP contribution in [0.5, 0.6) is 0 Å². The summed E-state index contributed by atoms with van der Waals surface area (Å²) in [5.41, 5.74) is 0.111. The van der Waals surface area contributed by atoms with E-state index in [4.69, 9.17) is 10.2 Å². The molecule has 0 aromatic rings. The van der Waals surface area contributed by atoms with Crippen molar-refractivity contribution < 1.29 is 10.2 Å². The van der Waals surface area contributed by atoms with Gasteiger partial charge in [-0.25, -0.2) is 0 Å². The van der Waals surface area contributed by atoms with E-state index in [2.05, 4.69) is 0 Å². The van der Waals surface area contributed by atoms with Gasteiger partial charge in [0, 0.05) is 0 Å². The molecule has 0 radical (unpaired) electrons.